The van der Waals surface area contributed by atoms with Crippen LogP contribution in [-0.4, -0.2) is 19.4 Å². The smallest absolute Gasteiger partial charge is 0.294 e. The lowest BCUT2D eigenvalue weighted by molar-refractivity contribution is 0.0894. The second-order valence-corrected chi connectivity index (χ2v) is 6.09. The molecule has 0 atom stereocenters. The number of fused-ring (bicyclic) bond motifs is 1. The fraction of sp³-hybridized carbons (Fsp3) is 0.0526. The molecule has 1 radical (unpaired) electrons. The van der Waals surface area contributed by atoms with E-state index >= 15 is 0 Å². The molecule has 0 bridgehead atoms. The number of hydrogen-bond donors (Lipinski definition) is 0. The van der Waals surface area contributed by atoms with E-state index in [1.165, 1.54) is 0 Å². The Labute approximate surface area is 153 Å². The van der Waals surface area contributed by atoms with Crippen LogP contribution in [0.15, 0.2) is 71.2 Å². The van der Waals surface area contributed by atoms with Gasteiger partial charge in [-0.2, -0.15) is 0 Å². The molecule has 6 heteroatoms. The van der Waals surface area contributed by atoms with E-state index < -0.39 is 7.83 Å². The van der Waals surface area contributed by atoms with E-state index in [2.05, 4.69) is 15.9 Å². The third kappa shape index (κ3) is 5.33. The van der Waals surface area contributed by atoms with E-state index in [4.69, 9.17) is 0 Å². The molecular weight excluding hydrogens is 389 g/mol. The molecule has 3 aromatic carbocycles. The van der Waals surface area contributed by atoms with Crippen molar-refractivity contribution in [1.82, 2.24) is 0 Å². The van der Waals surface area contributed by atoms with Crippen LogP contribution in [0.2, 0.25) is 0 Å². The highest BCUT2D eigenvalue weighted by Crippen LogP contribution is 2.21. The molecule has 0 fully saturated rings. The van der Waals surface area contributed by atoms with Crippen LogP contribution in [0, 0.1) is 0 Å². The molecule has 0 saturated heterocycles. The molecule has 0 aliphatic heterocycles. The normalized spacial score (nSPS) is 9.88. The first kappa shape index (κ1) is 19.0. The maximum Gasteiger partial charge on any atom is 0.577 e. The van der Waals surface area contributed by atoms with E-state index in [-0.39, 0.29) is 18.0 Å². The molecule has 125 valence electrons. The van der Waals surface area contributed by atoms with Crippen molar-refractivity contribution in [2.75, 3.05) is 0 Å². The fourth-order valence-corrected chi connectivity index (χ4v) is 2.74. The van der Waals surface area contributed by atoms with Crippen LogP contribution in [-0.2, 0) is 0 Å². The molecule has 3 rings (SSSR count). The number of benzene rings is 3. The van der Waals surface area contributed by atoms with Gasteiger partial charge >= 0.3 is 7.83 Å². The number of Topliss-reactive ketones (excluding diaryl/α,β-unsaturated/α-hetero) is 2. The van der Waals surface area contributed by atoms with E-state index in [9.17, 15) is 18.2 Å². The van der Waals surface area contributed by atoms with Gasteiger partial charge in [0, 0.05) is 15.6 Å². The van der Waals surface area contributed by atoms with Crippen molar-refractivity contribution in [3.05, 3.63) is 82.3 Å². The highest BCUT2D eigenvalue weighted by molar-refractivity contribution is 9.10. The molecule has 0 aromatic heterocycles. The van der Waals surface area contributed by atoms with Crippen molar-refractivity contribution in [1.29, 1.82) is 0 Å². The number of rotatable bonds is 4. The van der Waals surface area contributed by atoms with E-state index in [0.717, 1.165) is 15.2 Å². The second-order valence-electron chi connectivity index (χ2n) is 5.18. The molecule has 0 aliphatic carbocycles. The second kappa shape index (κ2) is 9.23. The first-order chi connectivity index (χ1) is 12.0. The quantitative estimate of drug-likeness (QED) is 0.327. The van der Waals surface area contributed by atoms with Gasteiger partial charge in [-0.25, -0.2) is 0 Å². The van der Waals surface area contributed by atoms with Gasteiger partial charge in [0.15, 0.2) is 11.6 Å². The lowest BCUT2D eigenvalue weighted by Gasteiger charge is -2.04. The monoisotopic (exact) mass is 401 g/mol. The summed E-state index contributed by atoms with van der Waals surface area (Å²) in [5.41, 5.74) is 1.14. The average molecular weight is 402 g/mol. The molecular formula is C19H13BBrF2O2. The van der Waals surface area contributed by atoms with Gasteiger partial charge in [-0.3, -0.25) is 18.2 Å². The Morgan fingerprint density at radius 1 is 0.800 bits per heavy atom. The molecule has 2 nitrogen and oxygen atoms in total. The Balaban J connectivity index is 0.000000701. The molecule has 0 amide bonds. The van der Waals surface area contributed by atoms with Gasteiger partial charge in [-0.1, -0.05) is 64.5 Å². The standard InChI is InChI=1S/C19H13BrO2.BF2/c20-17-9-8-14-10-16(7-6-15(14)11-17)19(22)12-18(21)13-4-2-1-3-5-13;2-1-3/h1-11H,12H2;. The molecule has 0 aliphatic rings. The summed E-state index contributed by atoms with van der Waals surface area (Å²) in [7, 11) is -1.00. The number of halogens is 3. The summed E-state index contributed by atoms with van der Waals surface area (Å²) in [6, 6.07) is 20.3. The predicted molar refractivity (Wildman–Crippen MR) is 99.3 cm³/mol. The maximum absolute atomic E-state index is 12.3. The van der Waals surface area contributed by atoms with Crippen LogP contribution in [0.1, 0.15) is 27.1 Å². The van der Waals surface area contributed by atoms with Gasteiger partial charge in [-0.05, 0) is 29.0 Å². The van der Waals surface area contributed by atoms with Crippen molar-refractivity contribution in [3.8, 4) is 0 Å². The summed E-state index contributed by atoms with van der Waals surface area (Å²) in [6.07, 6.45) is -0.105. The van der Waals surface area contributed by atoms with Crippen molar-refractivity contribution in [2.45, 2.75) is 6.42 Å². The number of hydrogen-bond acceptors (Lipinski definition) is 2. The van der Waals surface area contributed by atoms with Gasteiger partial charge in [0.25, 0.3) is 0 Å². The van der Waals surface area contributed by atoms with Gasteiger partial charge in [0.1, 0.15) is 0 Å². The Kier molecular flexibility index (Phi) is 7.01. The van der Waals surface area contributed by atoms with Crippen LogP contribution in [0.5, 0.6) is 0 Å². The lowest BCUT2D eigenvalue weighted by atomic mass is 9.99. The predicted octanol–water partition coefficient (Wildman–Crippen LogP) is 5.52. The summed E-state index contributed by atoms with van der Waals surface area (Å²) < 4.78 is 20.0. The summed E-state index contributed by atoms with van der Waals surface area (Å²) >= 11 is 3.43. The summed E-state index contributed by atoms with van der Waals surface area (Å²) in [5.74, 6) is -0.305. The van der Waals surface area contributed by atoms with Gasteiger partial charge in [0.05, 0.1) is 6.42 Å². The zero-order chi connectivity index (χ0) is 18.2. The Bertz CT molecular complexity index is 885. The van der Waals surface area contributed by atoms with Gasteiger partial charge in [-0.15, -0.1) is 0 Å². The van der Waals surface area contributed by atoms with E-state index in [1.54, 1.807) is 30.3 Å². The molecule has 0 spiro atoms. The van der Waals surface area contributed by atoms with Gasteiger partial charge in [0.2, 0.25) is 0 Å². The largest absolute Gasteiger partial charge is 0.577 e. The maximum atomic E-state index is 12.3. The zero-order valence-corrected chi connectivity index (χ0v) is 14.7. The minimum atomic E-state index is -1.00. The third-order valence-electron chi connectivity index (χ3n) is 3.54. The topological polar surface area (TPSA) is 34.1 Å². The zero-order valence-electron chi connectivity index (χ0n) is 13.1. The highest BCUT2D eigenvalue weighted by Gasteiger charge is 2.13. The summed E-state index contributed by atoms with van der Waals surface area (Å²) in [5, 5.41) is 2.04. The van der Waals surface area contributed by atoms with Crippen LogP contribution in [0.3, 0.4) is 0 Å². The van der Waals surface area contributed by atoms with Crippen LogP contribution in [0.4, 0.5) is 8.63 Å². The summed E-state index contributed by atoms with van der Waals surface area (Å²) in [6.45, 7) is 0. The number of carbonyl (C=O) groups is 2. The van der Waals surface area contributed by atoms with Crippen molar-refractivity contribution >= 4 is 46.1 Å². The van der Waals surface area contributed by atoms with E-state index in [1.807, 2.05) is 36.4 Å². The lowest BCUT2D eigenvalue weighted by Crippen LogP contribution is -2.08. The third-order valence-corrected chi connectivity index (χ3v) is 4.03. The Morgan fingerprint density at radius 2 is 1.36 bits per heavy atom. The average Bonchev–Trinajstić information content (AvgIpc) is 2.62. The van der Waals surface area contributed by atoms with Crippen LogP contribution < -0.4 is 0 Å². The number of ketones is 2. The molecule has 0 N–H and O–H groups in total. The van der Waals surface area contributed by atoms with Gasteiger partial charge < -0.3 is 0 Å². The summed E-state index contributed by atoms with van der Waals surface area (Å²) in [4.78, 5) is 24.4. The Morgan fingerprint density at radius 3 is 2.04 bits per heavy atom. The van der Waals surface area contributed by atoms with E-state index in [0.29, 0.717) is 11.1 Å². The first-order valence-corrected chi connectivity index (χ1v) is 8.17. The minimum Gasteiger partial charge on any atom is -0.294 e. The van der Waals surface area contributed by atoms with Crippen LogP contribution >= 0.6 is 15.9 Å². The van der Waals surface area contributed by atoms with Crippen molar-refractivity contribution < 1.29 is 18.2 Å². The van der Waals surface area contributed by atoms with Crippen molar-refractivity contribution in [2.24, 2.45) is 0 Å². The van der Waals surface area contributed by atoms with Crippen molar-refractivity contribution in [3.63, 3.8) is 0 Å². The minimum absolute atomic E-state index is 0.105. The number of carbonyl (C=O) groups excluding carboxylic acids is 2. The Hall–Kier alpha value is -2.34. The molecule has 0 heterocycles. The SMILES string of the molecule is F[B]F.O=C(CC(=O)c1ccc2cc(Br)ccc2c1)c1ccccc1. The molecule has 3 aromatic rings. The molecule has 0 unspecified atom stereocenters. The molecule has 25 heavy (non-hydrogen) atoms. The molecule has 0 saturated carbocycles. The first-order valence-electron chi connectivity index (χ1n) is 7.38. The fourth-order valence-electron chi connectivity index (χ4n) is 2.36. The van der Waals surface area contributed by atoms with Crippen LogP contribution in [0.25, 0.3) is 10.8 Å². The highest BCUT2D eigenvalue weighted by atomic mass is 79.9.